The summed E-state index contributed by atoms with van der Waals surface area (Å²) in [5, 5.41) is 15.2. The van der Waals surface area contributed by atoms with Gasteiger partial charge in [-0.2, -0.15) is 0 Å². The van der Waals surface area contributed by atoms with E-state index in [9.17, 15) is 9.90 Å². The number of ether oxygens (including phenoxy) is 2. The molecule has 6 heteroatoms. The number of hydrogen-bond donors (Lipinski definition) is 3. The average molecular weight is 328 g/mol. The maximum atomic E-state index is 11.3. The van der Waals surface area contributed by atoms with Crippen LogP contribution in [0.25, 0.3) is 0 Å². The summed E-state index contributed by atoms with van der Waals surface area (Å²) in [7, 11) is 0. The zero-order valence-electron chi connectivity index (χ0n) is 13.2. The van der Waals surface area contributed by atoms with Crippen molar-refractivity contribution in [3.8, 4) is 11.5 Å². The Morgan fingerprint density at radius 3 is 2.46 bits per heavy atom. The van der Waals surface area contributed by atoms with Crippen molar-refractivity contribution in [2.75, 3.05) is 26.3 Å². The van der Waals surface area contributed by atoms with Crippen molar-refractivity contribution >= 4 is 5.91 Å². The van der Waals surface area contributed by atoms with Crippen LogP contribution in [-0.2, 0) is 0 Å². The van der Waals surface area contributed by atoms with Crippen LogP contribution >= 0.6 is 0 Å². The van der Waals surface area contributed by atoms with E-state index in [1.54, 1.807) is 12.1 Å². The minimum absolute atomic E-state index is 0.0527. The smallest absolute Gasteiger partial charge is 0.255 e. The molecule has 2 aromatic rings. The molecule has 6 nitrogen and oxygen atoms in total. The fourth-order valence-corrected chi connectivity index (χ4v) is 2.51. The Kier molecular flexibility index (Phi) is 5.30. The highest BCUT2D eigenvalue weighted by Crippen LogP contribution is 2.24. The van der Waals surface area contributed by atoms with Gasteiger partial charge in [-0.15, -0.1) is 0 Å². The third kappa shape index (κ3) is 3.84. The van der Waals surface area contributed by atoms with Gasteiger partial charge in [0, 0.05) is 12.1 Å². The molecule has 0 aliphatic carbocycles. The molecule has 1 atom stereocenters. The topological polar surface area (TPSA) is 79.8 Å². The molecule has 0 fully saturated rings. The summed E-state index contributed by atoms with van der Waals surface area (Å²) in [6.07, 6.45) is -0.594. The molecule has 2 aromatic carbocycles. The largest absolute Gasteiger partial charge is 0.492 e. The first-order chi connectivity index (χ1) is 11.8. The van der Waals surface area contributed by atoms with E-state index in [0.29, 0.717) is 37.6 Å². The lowest BCUT2D eigenvalue weighted by molar-refractivity contribution is 0.0957. The number of amides is 1. The molecule has 4 rings (SSSR count). The molecule has 0 saturated carbocycles. The van der Waals surface area contributed by atoms with Crippen LogP contribution in [-0.4, -0.2) is 37.3 Å². The molecule has 0 bridgehead atoms. The van der Waals surface area contributed by atoms with Gasteiger partial charge in [0.1, 0.15) is 30.9 Å². The minimum atomic E-state index is -0.594. The number of aliphatic hydroxyl groups excluding tert-OH is 1. The van der Waals surface area contributed by atoms with Crippen molar-refractivity contribution in [3.63, 3.8) is 0 Å². The summed E-state index contributed by atoms with van der Waals surface area (Å²) < 4.78 is 10.7. The number of rotatable bonds is 0. The standard InChI is InChI=1S/C9H11NO2.C9H9NO2/c2*11-9-7-3-1-2-4-8(7)12-6-5-10-9/h1-4,9-11H,5-6H2;1-4H,5-6H2,(H,10,11). The van der Waals surface area contributed by atoms with E-state index in [2.05, 4.69) is 10.6 Å². The van der Waals surface area contributed by atoms with Crippen molar-refractivity contribution in [1.82, 2.24) is 10.6 Å². The van der Waals surface area contributed by atoms with Crippen LogP contribution in [0.1, 0.15) is 22.1 Å². The van der Waals surface area contributed by atoms with Crippen LogP contribution in [0.3, 0.4) is 0 Å². The predicted octanol–water partition coefficient (Wildman–Crippen LogP) is 1.47. The molecule has 2 heterocycles. The van der Waals surface area contributed by atoms with Gasteiger partial charge in [0.05, 0.1) is 12.1 Å². The fourth-order valence-electron chi connectivity index (χ4n) is 2.51. The molecule has 1 amide bonds. The van der Waals surface area contributed by atoms with E-state index in [0.717, 1.165) is 11.3 Å². The first-order valence-electron chi connectivity index (χ1n) is 7.89. The van der Waals surface area contributed by atoms with Crippen LogP contribution in [0.4, 0.5) is 0 Å². The van der Waals surface area contributed by atoms with Crippen molar-refractivity contribution in [1.29, 1.82) is 0 Å². The molecule has 24 heavy (non-hydrogen) atoms. The Morgan fingerprint density at radius 1 is 0.917 bits per heavy atom. The maximum Gasteiger partial charge on any atom is 0.255 e. The number of benzene rings is 2. The van der Waals surface area contributed by atoms with E-state index >= 15 is 0 Å². The Labute approximate surface area is 140 Å². The molecule has 0 radical (unpaired) electrons. The summed E-state index contributed by atoms with van der Waals surface area (Å²) in [5.74, 6) is 1.39. The normalized spacial score (nSPS) is 18.9. The maximum absolute atomic E-state index is 11.3. The Morgan fingerprint density at radius 2 is 1.58 bits per heavy atom. The molecule has 3 N–H and O–H groups in total. The van der Waals surface area contributed by atoms with Crippen LogP contribution in [0.15, 0.2) is 48.5 Å². The highest BCUT2D eigenvalue weighted by Gasteiger charge is 2.15. The summed E-state index contributed by atoms with van der Waals surface area (Å²) >= 11 is 0. The number of fused-ring (bicyclic) bond motifs is 2. The molecule has 0 saturated heterocycles. The van der Waals surface area contributed by atoms with Gasteiger partial charge in [0.25, 0.3) is 5.91 Å². The van der Waals surface area contributed by atoms with E-state index in [4.69, 9.17) is 9.47 Å². The number of nitrogens with one attached hydrogen (secondary N) is 2. The molecular weight excluding hydrogens is 308 g/mol. The number of carbonyl (C=O) groups excluding carboxylic acids is 1. The van der Waals surface area contributed by atoms with Crippen LogP contribution in [0.2, 0.25) is 0 Å². The first kappa shape index (κ1) is 16.3. The van der Waals surface area contributed by atoms with Crippen molar-refractivity contribution < 1.29 is 19.4 Å². The van der Waals surface area contributed by atoms with Gasteiger partial charge in [0.15, 0.2) is 0 Å². The predicted molar refractivity (Wildman–Crippen MR) is 89.2 cm³/mol. The average Bonchev–Trinajstić information content (AvgIpc) is 2.93. The number of aliphatic hydroxyl groups is 1. The minimum Gasteiger partial charge on any atom is -0.492 e. The van der Waals surface area contributed by atoms with E-state index in [1.165, 1.54) is 0 Å². The van der Waals surface area contributed by atoms with Crippen LogP contribution in [0.5, 0.6) is 11.5 Å². The summed E-state index contributed by atoms with van der Waals surface area (Å²) in [6.45, 7) is 2.40. The highest BCUT2D eigenvalue weighted by atomic mass is 16.5. The first-order valence-corrected chi connectivity index (χ1v) is 7.89. The van der Waals surface area contributed by atoms with Crippen molar-refractivity contribution in [3.05, 3.63) is 59.7 Å². The van der Waals surface area contributed by atoms with Crippen LogP contribution < -0.4 is 20.1 Å². The Hall–Kier alpha value is -2.57. The zero-order valence-corrected chi connectivity index (χ0v) is 13.2. The molecule has 126 valence electrons. The monoisotopic (exact) mass is 328 g/mol. The molecule has 0 spiro atoms. The van der Waals surface area contributed by atoms with Gasteiger partial charge >= 0.3 is 0 Å². The third-order valence-corrected chi connectivity index (χ3v) is 3.69. The second-order valence-corrected chi connectivity index (χ2v) is 5.34. The van der Waals surface area contributed by atoms with Gasteiger partial charge in [-0.25, -0.2) is 0 Å². The van der Waals surface area contributed by atoms with Gasteiger partial charge in [-0.05, 0) is 18.2 Å². The summed E-state index contributed by atoms with van der Waals surface area (Å²) in [5.41, 5.74) is 1.44. The van der Waals surface area contributed by atoms with Crippen molar-refractivity contribution in [2.45, 2.75) is 6.23 Å². The lowest BCUT2D eigenvalue weighted by Gasteiger charge is -2.09. The molecule has 2 aliphatic heterocycles. The van der Waals surface area contributed by atoms with E-state index in [1.807, 2.05) is 36.4 Å². The summed E-state index contributed by atoms with van der Waals surface area (Å²) in [6, 6.07) is 14.8. The van der Waals surface area contributed by atoms with E-state index < -0.39 is 6.23 Å². The molecule has 0 aromatic heterocycles. The Bertz CT molecular complexity index is 705. The number of carbonyl (C=O) groups is 1. The lowest BCUT2D eigenvalue weighted by atomic mass is 10.2. The van der Waals surface area contributed by atoms with Gasteiger partial charge in [0.2, 0.25) is 0 Å². The molecular formula is C18H20N2O4. The Balaban J connectivity index is 0.000000141. The fraction of sp³-hybridized carbons (Fsp3) is 0.278. The zero-order chi connectivity index (χ0) is 16.8. The van der Waals surface area contributed by atoms with Crippen LogP contribution in [0, 0.1) is 0 Å². The third-order valence-electron chi connectivity index (χ3n) is 3.69. The van der Waals surface area contributed by atoms with Gasteiger partial charge < -0.3 is 19.9 Å². The van der Waals surface area contributed by atoms with Gasteiger partial charge in [-0.3, -0.25) is 10.1 Å². The SMILES string of the molecule is O=C1NCCOc2ccccc21.OC1NCCOc2ccccc21. The summed E-state index contributed by atoms with van der Waals surface area (Å²) in [4.78, 5) is 11.3. The lowest BCUT2D eigenvalue weighted by Crippen LogP contribution is -2.24. The highest BCUT2D eigenvalue weighted by molar-refractivity contribution is 5.97. The van der Waals surface area contributed by atoms with Gasteiger partial charge in [-0.1, -0.05) is 30.3 Å². The number of hydrogen-bond acceptors (Lipinski definition) is 5. The quantitative estimate of drug-likeness (QED) is 0.682. The second kappa shape index (κ2) is 7.81. The molecule has 2 aliphatic rings. The molecule has 1 unspecified atom stereocenters. The number of para-hydroxylation sites is 2. The van der Waals surface area contributed by atoms with Crippen molar-refractivity contribution in [2.24, 2.45) is 0 Å². The van der Waals surface area contributed by atoms with E-state index in [-0.39, 0.29) is 5.91 Å². The second-order valence-electron chi connectivity index (χ2n) is 5.34.